The van der Waals surface area contributed by atoms with Gasteiger partial charge in [-0.15, -0.1) is 11.3 Å². The van der Waals surface area contributed by atoms with Gasteiger partial charge in [-0.05, 0) is 39.0 Å². The molecule has 0 spiro atoms. The average Bonchev–Trinajstić information content (AvgIpc) is 2.86. The molecular weight excluding hydrogens is 284 g/mol. The Hall–Kier alpha value is -1.69. The van der Waals surface area contributed by atoms with Crippen molar-refractivity contribution in [2.24, 2.45) is 7.05 Å². The van der Waals surface area contributed by atoms with Crippen molar-refractivity contribution in [2.45, 2.75) is 45.1 Å². The normalized spacial score (nSPS) is 17.0. The fourth-order valence-electron chi connectivity index (χ4n) is 3.09. The van der Waals surface area contributed by atoms with Crippen molar-refractivity contribution < 1.29 is 4.79 Å². The van der Waals surface area contributed by atoms with Crippen LogP contribution in [0.5, 0.6) is 0 Å². The quantitative estimate of drug-likeness (QED) is 0.875. The SMILES string of the molecule is Cc1csc(N(C(=O)c2c3c(nn2C)CCC3)C2CC2)n1. The molecule has 21 heavy (non-hydrogen) atoms. The first-order valence-electron chi connectivity index (χ1n) is 7.45. The molecule has 6 heteroatoms. The van der Waals surface area contributed by atoms with E-state index in [1.807, 2.05) is 24.3 Å². The molecule has 2 aromatic rings. The number of carbonyl (C=O) groups is 1. The number of nitrogens with zero attached hydrogens (tertiary/aromatic N) is 4. The van der Waals surface area contributed by atoms with E-state index in [0.29, 0.717) is 6.04 Å². The third-order valence-corrected chi connectivity index (χ3v) is 5.17. The maximum absolute atomic E-state index is 13.1. The summed E-state index contributed by atoms with van der Waals surface area (Å²) in [6, 6.07) is 0.315. The van der Waals surface area contributed by atoms with Crippen molar-refractivity contribution in [1.82, 2.24) is 14.8 Å². The minimum Gasteiger partial charge on any atom is -0.280 e. The molecule has 0 bridgehead atoms. The molecule has 110 valence electrons. The largest absolute Gasteiger partial charge is 0.280 e. The molecule has 4 rings (SSSR count). The Bertz CT molecular complexity index is 713. The van der Waals surface area contributed by atoms with Crippen LogP contribution in [0.1, 0.15) is 46.7 Å². The Morgan fingerprint density at radius 1 is 1.43 bits per heavy atom. The fraction of sp³-hybridized carbons (Fsp3) is 0.533. The lowest BCUT2D eigenvalue weighted by atomic mass is 10.2. The van der Waals surface area contributed by atoms with Crippen LogP contribution in [0.4, 0.5) is 5.13 Å². The van der Waals surface area contributed by atoms with Gasteiger partial charge in [-0.25, -0.2) is 4.98 Å². The van der Waals surface area contributed by atoms with E-state index in [-0.39, 0.29) is 5.91 Å². The van der Waals surface area contributed by atoms with E-state index in [1.54, 1.807) is 16.0 Å². The van der Waals surface area contributed by atoms with Gasteiger partial charge in [0.2, 0.25) is 0 Å². The smallest absolute Gasteiger partial charge is 0.278 e. The maximum Gasteiger partial charge on any atom is 0.278 e. The predicted octanol–water partition coefficient (Wildman–Crippen LogP) is 2.48. The molecule has 0 atom stereocenters. The van der Waals surface area contributed by atoms with Crippen LogP contribution in [0.25, 0.3) is 0 Å². The summed E-state index contributed by atoms with van der Waals surface area (Å²) < 4.78 is 1.77. The second kappa shape index (κ2) is 4.66. The van der Waals surface area contributed by atoms with Crippen molar-refractivity contribution >= 4 is 22.4 Å². The molecule has 0 aromatic carbocycles. The van der Waals surface area contributed by atoms with Crippen LogP contribution in [-0.4, -0.2) is 26.7 Å². The summed E-state index contributed by atoms with van der Waals surface area (Å²) >= 11 is 1.56. The Labute approximate surface area is 127 Å². The van der Waals surface area contributed by atoms with Gasteiger partial charge in [0, 0.05) is 24.0 Å². The Kier molecular flexibility index (Phi) is 2.89. The summed E-state index contributed by atoms with van der Waals surface area (Å²) in [4.78, 5) is 19.5. The molecule has 2 aromatic heterocycles. The molecule has 1 fully saturated rings. The third-order valence-electron chi connectivity index (χ3n) is 4.22. The van der Waals surface area contributed by atoms with Crippen LogP contribution in [0, 0.1) is 6.92 Å². The molecule has 1 saturated carbocycles. The molecule has 2 aliphatic carbocycles. The number of aromatic nitrogens is 3. The van der Waals surface area contributed by atoms with Crippen LogP contribution < -0.4 is 4.90 Å². The van der Waals surface area contributed by atoms with E-state index in [9.17, 15) is 4.79 Å². The standard InChI is InChI=1S/C15H18N4OS/c1-9-8-21-15(16-9)19(10-6-7-10)14(20)13-11-4-3-5-12(11)17-18(13)2/h8,10H,3-7H2,1-2H3. The molecule has 0 unspecified atom stereocenters. The highest BCUT2D eigenvalue weighted by Gasteiger charge is 2.38. The zero-order valence-corrected chi connectivity index (χ0v) is 13.1. The minimum absolute atomic E-state index is 0.0741. The number of aryl methyl sites for hydroxylation is 3. The second-order valence-electron chi connectivity index (χ2n) is 5.93. The van der Waals surface area contributed by atoms with Crippen LogP contribution in [-0.2, 0) is 19.9 Å². The number of anilines is 1. The summed E-state index contributed by atoms with van der Waals surface area (Å²) in [5.41, 5.74) is 4.00. The molecule has 0 aliphatic heterocycles. The number of hydrogen-bond acceptors (Lipinski definition) is 4. The Morgan fingerprint density at radius 2 is 2.24 bits per heavy atom. The van der Waals surface area contributed by atoms with Gasteiger partial charge in [0.15, 0.2) is 5.13 Å². The van der Waals surface area contributed by atoms with Gasteiger partial charge in [-0.1, -0.05) is 0 Å². The van der Waals surface area contributed by atoms with Gasteiger partial charge in [0.05, 0.1) is 11.4 Å². The van der Waals surface area contributed by atoms with Gasteiger partial charge in [0.25, 0.3) is 5.91 Å². The van der Waals surface area contributed by atoms with Crippen LogP contribution in [0.3, 0.4) is 0 Å². The topological polar surface area (TPSA) is 51.0 Å². The highest BCUT2D eigenvalue weighted by Crippen LogP contribution is 2.36. The second-order valence-corrected chi connectivity index (χ2v) is 6.77. The van der Waals surface area contributed by atoms with Gasteiger partial charge in [0.1, 0.15) is 5.69 Å². The summed E-state index contributed by atoms with van der Waals surface area (Å²) in [7, 11) is 1.88. The van der Waals surface area contributed by atoms with Gasteiger partial charge in [-0.2, -0.15) is 5.10 Å². The minimum atomic E-state index is 0.0741. The van der Waals surface area contributed by atoms with E-state index >= 15 is 0 Å². The average molecular weight is 302 g/mol. The number of thiazole rings is 1. The lowest BCUT2D eigenvalue weighted by molar-refractivity contribution is 0.0975. The predicted molar refractivity (Wildman–Crippen MR) is 81.9 cm³/mol. The third kappa shape index (κ3) is 2.09. The summed E-state index contributed by atoms with van der Waals surface area (Å²) in [5.74, 6) is 0.0741. The summed E-state index contributed by atoms with van der Waals surface area (Å²) in [6.07, 6.45) is 5.23. The number of fused-ring (bicyclic) bond motifs is 1. The highest BCUT2D eigenvalue weighted by atomic mass is 32.1. The van der Waals surface area contributed by atoms with Crippen LogP contribution in [0.2, 0.25) is 0 Å². The Morgan fingerprint density at radius 3 is 2.90 bits per heavy atom. The lowest BCUT2D eigenvalue weighted by Crippen LogP contribution is -2.35. The number of amides is 1. The summed E-state index contributed by atoms with van der Waals surface area (Å²) in [5, 5.41) is 7.36. The van der Waals surface area contributed by atoms with E-state index in [1.165, 1.54) is 0 Å². The molecule has 5 nitrogen and oxygen atoms in total. The molecule has 2 aliphatic rings. The van der Waals surface area contributed by atoms with Crippen LogP contribution >= 0.6 is 11.3 Å². The van der Waals surface area contributed by atoms with Gasteiger partial charge >= 0.3 is 0 Å². The summed E-state index contributed by atoms with van der Waals surface area (Å²) in [6.45, 7) is 1.97. The molecule has 0 radical (unpaired) electrons. The van der Waals surface area contributed by atoms with Crippen molar-refractivity contribution in [3.8, 4) is 0 Å². The zero-order chi connectivity index (χ0) is 14.6. The van der Waals surface area contributed by atoms with E-state index in [2.05, 4.69) is 10.1 Å². The van der Waals surface area contributed by atoms with Crippen molar-refractivity contribution in [3.63, 3.8) is 0 Å². The molecule has 0 N–H and O–H groups in total. The number of carbonyl (C=O) groups excluding carboxylic acids is 1. The first kappa shape index (κ1) is 13.0. The van der Waals surface area contributed by atoms with E-state index < -0.39 is 0 Å². The first-order chi connectivity index (χ1) is 10.1. The number of hydrogen-bond donors (Lipinski definition) is 0. The van der Waals surface area contributed by atoms with E-state index in [0.717, 1.165) is 59.9 Å². The number of rotatable bonds is 3. The zero-order valence-electron chi connectivity index (χ0n) is 12.3. The fourth-order valence-corrected chi connectivity index (χ4v) is 3.97. The first-order valence-corrected chi connectivity index (χ1v) is 8.33. The monoisotopic (exact) mass is 302 g/mol. The van der Waals surface area contributed by atoms with Crippen LogP contribution in [0.15, 0.2) is 5.38 Å². The van der Waals surface area contributed by atoms with Gasteiger partial charge in [-0.3, -0.25) is 14.4 Å². The highest BCUT2D eigenvalue weighted by molar-refractivity contribution is 7.14. The van der Waals surface area contributed by atoms with Crippen molar-refractivity contribution in [1.29, 1.82) is 0 Å². The van der Waals surface area contributed by atoms with Crippen molar-refractivity contribution in [2.75, 3.05) is 4.90 Å². The molecular formula is C15H18N4OS. The molecule has 2 heterocycles. The van der Waals surface area contributed by atoms with Gasteiger partial charge < -0.3 is 0 Å². The molecule has 0 saturated heterocycles. The van der Waals surface area contributed by atoms with Crippen molar-refractivity contribution in [3.05, 3.63) is 28.0 Å². The lowest BCUT2D eigenvalue weighted by Gasteiger charge is -2.20. The van der Waals surface area contributed by atoms with E-state index in [4.69, 9.17) is 0 Å². The maximum atomic E-state index is 13.1. The molecule has 1 amide bonds. The Balaban J connectivity index is 1.75.